The number of halogens is 3. The maximum Gasteiger partial charge on any atom is 0.266 e. The molecule has 0 aromatic heterocycles. The fraction of sp³-hybridized carbons (Fsp3) is 0.0800. The first kappa shape index (κ1) is 25.7. The molecule has 2 amide bonds. The Labute approximate surface area is 214 Å². The monoisotopic (exact) mass is 557 g/mol. The van der Waals surface area contributed by atoms with Gasteiger partial charge in [-0.1, -0.05) is 23.7 Å². The van der Waals surface area contributed by atoms with Gasteiger partial charge in [0.05, 0.1) is 22.3 Å². The van der Waals surface area contributed by atoms with Crippen LogP contribution in [0.3, 0.4) is 0 Å². The van der Waals surface area contributed by atoms with E-state index >= 15 is 0 Å². The van der Waals surface area contributed by atoms with Gasteiger partial charge in [-0.3, -0.25) is 9.59 Å². The molecule has 3 aromatic carbocycles. The lowest BCUT2D eigenvalue weighted by atomic mass is 10.1. The van der Waals surface area contributed by atoms with Gasteiger partial charge in [0.2, 0.25) is 0 Å². The standard InChI is InChI=1S/C25H18BrClFN3O4/c1-34-22-12-15(10-16(13-29)25(33)30-18-8-6-17(28)7-9-18)11-19(26)24(22)35-14-23(32)31-21-5-3-2-4-20(21)27/h2-12H,14H2,1H3,(H,30,33)(H,31,32)/b16-10+. The first-order chi connectivity index (χ1) is 16.8. The van der Waals surface area contributed by atoms with E-state index in [1.165, 1.54) is 37.5 Å². The maximum absolute atomic E-state index is 13.1. The van der Waals surface area contributed by atoms with Crippen molar-refractivity contribution < 1.29 is 23.5 Å². The molecular formula is C25H18BrClFN3O4. The van der Waals surface area contributed by atoms with Crippen LogP contribution < -0.4 is 20.1 Å². The van der Waals surface area contributed by atoms with Crippen LogP contribution in [0.1, 0.15) is 5.56 Å². The fourth-order valence-electron chi connectivity index (χ4n) is 2.90. The highest BCUT2D eigenvalue weighted by molar-refractivity contribution is 9.10. The second-order valence-corrected chi connectivity index (χ2v) is 8.24. The van der Waals surface area contributed by atoms with Crippen molar-refractivity contribution in [2.45, 2.75) is 0 Å². The number of amides is 2. The average Bonchev–Trinajstić information content (AvgIpc) is 2.84. The molecule has 0 aliphatic heterocycles. The minimum atomic E-state index is -0.661. The molecule has 0 saturated carbocycles. The van der Waals surface area contributed by atoms with Crippen molar-refractivity contribution in [2.24, 2.45) is 0 Å². The van der Waals surface area contributed by atoms with Gasteiger partial charge in [-0.25, -0.2) is 4.39 Å². The molecule has 3 rings (SSSR count). The Bertz CT molecular complexity index is 1320. The molecule has 0 fully saturated rings. The van der Waals surface area contributed by atoms with Crippen molar-refractivity contribution in [1.29, 1.82) is 5.26 Å². The molecule has 0 unspecified atom stereocenters. The number of benzene rings is 3. The van der Waals surface area contributed by atoms with Gasteiger partial charge < -0.3 is 20.1 Å². The number of ether oxygens (including phenoxy) is 2. The van der Waals surface area contributed by atoms with E-state index in [4.69, 9.17) is 21.1 Å². The predicted octanol–water partition coefficient (Wildman–Crippen LogP) is 5.81. The minimum absolute atomic E-state index is 0.184. The Morgan fingerprint density at radius 2 is 1.86 bits per heavy atom. The van der Waals surface area contributed by atoms with E-state index in [1.54, 1.807) is 36.4 Å². The van der Waals surface area contributed by atoms with Gasteiger partial charge in [0.25, 0.3) is 11.8 Å². The lowest BCUT2D eigenvalue weighted by molar-refractivity contribution is -0.118. The summed E-state index contributed by atoms with van der Waals surface area (Å²) < 4.78 is 24.5. The van der Waals surface area contributed by atoms with E-state index in [0.717, 1.165) is 0 Å². The highest BCUT2D eigenvalue weighted by atomic mass is 79.9. The molecule has 7 nitrogen and oxygen atoms in total. The number of nitrogens with one attached hydrogen (secondary N) is 2. The van der Waals surface area contributed by atoms with Crippen LogP contribution in [0.2, 0.25) is 5.02 Å². The van der Waals surface area contributed by atoms with Gasteiger partial charge in [0, 0.05) is 5.69 Å². The van der Waals surface area contributed by atoms with Crippen molar-refractivity contribution in [3.05, 3.63) is 87.1 Å². The van der Waals surface area contributed by atoms with Gasteiger partial charge in [-0.15, -0.1) is 0 Å². The van der Waals surface area contributed by atoms with Crippen LogP contribution in [0, 0.1) is 17.1 Å². The van der Waals surface area contributed by atoms with E-state index in [0.29, 0.717) is 26.4 Å². The molecule has 35 heavy (non-hydrogen) atoms. The molecule has 0 saturated heterocycles. The number of anilines is 2. The molecule has 178 valence electrons. The molecule has 0 atom stereocenters. The number of hydrogen-bond acceptors (Lipinski definition) is 5. The summed E-state index contributed by atoms with van der Waals surface area (Å²) in [5, 5.41) is 15.0. The average molecular weight is 559 g/mol. The summed E-state index contributed by atoms with van der Waals surface area (Å²) in [7, 11) is 1.42. The van der Waals surface area contributed by atoms with Crippen LogP contribution in [-0.2, 0) is 9.59 Å². The topological polar surface area (TPSA) is 100 Å². The molecule has 2 N–H and O–H groups in total. The van der Waals surface area contributed by atoms with E-state index < -0.39 is 17.6 Å². The Hall–Kier alpha value is -3.87. The molecule has 0 radical (unpaired) electrons. The van der Waals surface area contributed by atoms with Gasteiger partial charge in [0.15, 0.2) is 18.1 Å². The number of carbonyl (C=O) groups excluding carboxylic acids is 2. The highest BCUT2D eigenvalue weighted by Crippen LogP contribution is 2.37. The number of nitriles is 1. The van der Waals surface area contributed by atoms with Crippen LogP contribution >= 0.6 is 27.5 Å². The zero-order valence-electron chi connectivity index (χ0n) is 18.3. The SMILES string of the molecule is COc1cc(/C=C(\C#N)C(=O)Nc2ccc(F)cc2)cc(Br)c1OCC(=O)Nc1ccccc1Cl. The molecule has 0 spiro atoms. The Morgan fingerprint density at radius 1 is 1.14 bits per heavy atom. The van der Waals surface area contributed by atoms with Crippen molar-refractivity contribution in [1.82, 2.24) is 0 Å². The second kappa shape index (κ2) is 12.0. The lowest BCUT2D eigenvalue weighted by Crippen LogP contribution is -2.20. The van der Waals surface area contributed by atoms with E-state index in [2.05, 4.69) is 26.6 Å². The number of nitrogens with zero attached hydrogens (tertiary/aromatic N) is 1. The van der Waals surface area contributed by atoms with Crippen LogP contribution in [-0.4, -0.2) is 25.5 Å². The third kappa shape index (κ3) is 7.06. The Balaban J connectivity index is 1.74. The van der Waals surface area contributed by atoms with Crippen LogP contribution in [0.25, 0.3) is 6.08 Å². The number of carbonyl (C=O) groups is 2. The molecule has 10 heteroatoms. The van der Waals surface area contributed by atoms with Crippen molar-refractivity contribution >= 4 is 56.8 Å². The molecule has 0 aliphatic carbocycles. The third-order valence-electron chi connectivity index (χ3n) is 4.53. The largest absolute Gasteiger partial charge is 0.493 e. The summed E-state index contributed by atoms with van der Waals surface area (Å²) in [5.41, 5.74) is 1.08. The molecular weight excluding hydrogens is 541 g/mol. The lowest BCUT2D eigenvalue weighted by Gasteiger charge is -2.14. The molecule has 0 aliphatic rings. The summed E-state index contributed by atoms with van der Waals surface area (Å²) >= 11 is 9.42. The van der Waals surface area contributed by atoms with E-state index in [9.17, 15) is 19.2 Å². The van der Waals surface area contributed by atoms with Crippen molar-refractivity contribution in [2.75, 3.05) is 24.4 Å². The molecule has 0 bridgehead atoms. The number of para-hydroxylation sites is 1. The number of rotatable bonds is 8. The van der Waals surface area contributed by atoms with Crippen LogP contribution in [0.4, 0.5) is 15.8 Å². The van der Waals surface area contributed by atoms with Gasteiger partial charge in [0.1, 0.15) is 17.5 Å². The Kier molecular flexibility index (Phi) is 8.84. The summed E-state index contributed by atoms with van der Waals surface area (Å²) in [4.78, 5) is 24.8. The van der Waals surface area contributed by atoms with Crippen molar-refractivity contribution in [3.8, 4) is 17.6 Å². The highest BCUT2D eigenvalue weighted by Gasteiger charge is 2.16. The third-order valence-corrected chi connectivity index (χ3v) is 5.44. The quantitative estimate of drug-likeness (QED) is 0.268. The first-order valence-corrected chi connectivity index (χ1v) is 11.2. The fourth-order valence-corrected chi connectivity index (χ4v) is 3.65. The van der Waals surface area contributed by atoms with E-state index in [-0.39, 0.29) is 23.7 Å². The van der Waals surface area contributed by atoms with Crippen LogP contribution in [0.15, 0.2) is 70.7 Å². The normalized spacial score (nSPS) is 10.8. The van der Waals surface area contributed by atoms with E-state index in [1.807, 2.05) is 6.07 Å². The minimum Gasteiger partial charge on any atom is -0.493 e. The first-order valence-electron chi connectivity index (χ1n) is 10.0. The van der Waals surface area contributed by atoms with Crippen molar-refractivity contribution in [3.63, 3.8) is 0 Å². The Morgan fingerprint density at radius 3 is 2.51 bits per heavy atom. The maximum atomic E-state index is 13.1. The summed E-state index contributed by atoms with van der Waals surface area (Å²) in [6, 6.07) is 17.0. The molecule has 0 heterocycles. The summed E-state index contributed by atoms with van der Waals surface area (Å²) in [6.45, 7) is -0.321. The summed E-state index contributed by atoms with van der Waals surface area (Å²) in [5.74, 6) is -1.01. The second-order valence-electron chi connectivity index (χ2n) is 6.98. The zero-order chi connectivity index (χ0) is 25.4. The number of methoxy groups -OCH3 is 1. The van der Waals surface area contributed by atoms with Gasteiger partial charge in [-0.05, 0) is 76.1 Å². The summed E-state index contributed by atoms with van der Waals surface area (Å²) in [6.07, 6.45) is 1.36. The number of hydrogen-bond donors (Lipinski definition) is 2. The van der Waals surface area contributed by atoms with Crippen LogP contribution in [0.5, 0.6) is 11.5 Å². The zero-order valence-corrected chi connectivity index (χ0v) is 20.6. The van der Waals surface area contributed by atoms with Gasteiger partial charge in [-0.2, -0.15) is 5.26 Å². The smallest absolute Gasteiger partial charge is 0.266 e. The van der Waals surface area contributed by atoms with Gasteiger partial charge >= 0.3 is 0 Å². The molecule has 3 aromatic rings. The predicted molar refractivity (Wildman–Crippen MR) is 135 cm³/mol.